The van der Waals surface area contributed by atoms with E-state index in [1.807, 2.05) is 0 Å². The number of ether oxygens (including phenoxy) is 1. The van der Waals surface area contributed by atoms with E-state index in [0.717, 1.165) is 5.56 Å². The molecule has 1 saturated heterocycles. The van der Waals surface area contributed by atoms with E-state index in [1.165, 1.54) is 0 Å². The van der Waals surface area contributed by atoms with Gasteiger partial charge in [-0.25, -0.2) is 0 Å². The van der Waals surface area contributed by atoms with Crippen molar-refractivity contribution in [2.45, 2.75) is 19.0 Å². The van der Waals surface area contributed by atoms with Gasteiger partial charge < -0.3 is 9.84 Å². The fourth-order valence-electron chi connectivity index (χ4n) is 1.54. The monoisotopic (exact) mass is 207 g/mol. The number of phenolic OH excluding ortho intramolecular Hbond substituents is 1. The van der Waals surface area contributed by atoms with E-state index >= 15 is 0 Å². The van der Waals surface area contributed by atoms with E-state index in [9.17, 15) is 4.79 Å². The quantitative estimate of drug-likeness (QED) is 0.572. The van der Waals surface area contributed by atoms with Crippen molar-refractivity contribution in [2.75, 3.05) is 6.61 Å². The summed E-state index contributed by atoms with van der Waals surface area (Å²) in [4.78, 5) is 11.3. The van der Waals surface area contributed by atoms with Crippen LogP contribution in [0.4, 0.5) is 0 Å². The number of rotatable bonds is 3. The molecule has 15 heavy (non-hydrogen) atoms. The van der Waals surface area contributed by atoms with Crippen molar-refractivity contribution in [1.29, 1.82) is 0 Å². The highest BCUT2D eigenvalue weighted by molar-refractivity contribution is 5.80. The van der Waals surface area contributed by atoms with Crippen LogP contribution >= 0.6 is 0 Å². The molecule has 0 bridgehead atoms. The Morgan fingerprint density at radius 2 is 2.13 bits per heavy atom. The molecule has 0 spiro atoms. The van der Waals surface area contributed by atoms with Gasteiger partial charge in [-0.2, -0.15) is 0 Å². The fourth-order valence-corrected chi connectivity index (χ4v) is 1.54. The maximum atomic E-state index is 11.3. The van der Waals surface area contributed by atoms with Crippen molar-refractivity contribution >= 4 is 5.97 Å². The summed E-state index contributed by atoms with van der Waals surface area (Å²) in [5.74, 6) is 0.0164. The third kappa shape index (κ3) is 2.10. The Balaban J connectivity index is 1.98. The van der Waals surface area contributed by atoms with E-state index in [2.05, 4.69) is 5.32 Å². The van der Waals surface area contributed by atoms with Gasteiger partial charge in [-0.15, -0.1) is 0 Å². The summed E-state index contributed by atoms with van der Waals surface area (Å²) in [7, 11) is 0. The van der Waals surface area contributed by atoms with Crippen molar-refractivity contribution in [3.8, 4) is 5.75 Å². The molecule has 0 radical (unpaired) electrons. The Hall–Kier alpha value is -1.55. The number of benzene rings is 1. The molecule has 0 amide bonds. The van der Waals surface area contributed by atoms with Gasteiger partial charge in [-0.05, 0) is 24.6 Å². The van der Waals surface area contributed by atoms with E-state index in [0.29, 0.717) is 6.61 Å². The smallest absolute Gasteiger partial charge is 0.325 e. The van der Waals surface area contributed by atoms with Crippen molar-refractivity contribution in [1.82, 2.24) is 5.32 Å². The van der Waals surface area contributed by atoms with Gasteiger partial charge in [-0.1, -0.05) is 12.1 Å². The first-order valence-corrected chi connectivity index (χ1v) is 4.94. The van der Waals surface area contributed by atoms with Crippen LogP contribution in [0.1, 0.15) is 18.5 Å². The van der Waals surface area contributed by atoms with E-state index in [4.69, 9.17) is 9.84 Å². The van der Waals surface area contributed by atoms with Crippen LogP contribution in [0.15, 0.2) is 24.3 Å². The predicted molar refractivity (Wildman–Crippen MR) is 54.4 cm³/mol. The van der Waals surface area contributed by atoms with Crippen LogP contribution in [0.25, 0.3) is 0 Å². The summed E-state index contributed by atoms with van der Waals surface area (Å²) in [6.07, 6.45) is 0. The van der Waals surface area contributed by atoms with Gasteiger partial charge >= 0.3 is 5.97 Å². The third-order valence-corrected chi connectivity index (χ3v) is 2.38. The van der Waals surface area contributed by atoms with E-state index in [1.54, 1.807) is 31.2 Å². The van der Waals surface area contributed by atoms with E-state index in [-0.39, 0.29) is 23.8 Å². The molecule has 2 rings (SSSR count). The van der Waals surface area contributed by atoms with Crippen LogP contribution in [0.5, 0.6) is 5.75 Å². The second kappa shape index (κ2) is 3.90. The van der Waals surface area contributed by atoms with Gasteiger partial charge in [0.2, 0.25) is 0 Å². The number of phenols is 1. The van der Waals surface area contributed by atoms with Crippen molar-refractivity contribution < 1.29 is 14.6 Å². The summed E-state index contributed by atoms with van der Waals surface area (Å²) < 4.78 is 4.89. The highest BCUT2D eigenvalue weighted by Gasteiger charge is 2.44. The lowest BCUT2D eigenvalue weighted by Crippen LogP contribution is -2.13. The van der Waals surface area contributed by atoms with Crippen LogP contribution in [-0.4, -0.2) is 23.7 Å². The topological polar surface area (TPSA) is 68.5 Å². The molecular formula is C11H13NO3. The summed E-state index contributed by atoms with van der Waals surface area (Å²) in [6.45, 7) is 2.19. The SMILES string of the molecule is CCOC(=O)[C@H]1N[C@@H]1c1ccc(O)cc1. The normalized spacial score (nSPS) is 23.5. The minimum Gasteiger partial charge on any atom is -0.508 e. The molecular weight excluding hydrogens is 194 g/mol. The minimum absolute atomic E-state index is 0.0321. The molecule has 0 aliphatic carbocycles. The molecule has 1 fully saturated rings. The highest BCUT2D eigenvalue weighted by atomic mass is 16.5. The Morgan fingerprint density at radius 1 is 1.47 bits per heavy atom. The molecule has 0 saturated carbocycles. The van der Waals surface area contributed by atoms with Crippen LogP contribution in [0.2, 0.25) is 0 Å². The van der Waals surface area contributed by atoms with Gasteiger partial charge in [0.05, 0.1) is 12.6 Å². The molecule has 2 atom stereocenters. The Kier molecular flexibility index (Phi) is 2.60. The van der Waals surface area contributed by atoms with Gasteiger partial charge in [0.15, 0.2) is 0 Å². The predicted octanol–water partition coefficient (Wildman–Crippen LogP) is 0.968. The zero-order chi connectivity index (χ0) is 10.8. The second-order valence-corrected chi connectivity index (χ2v) is 3.47. The number of nitrogens with one attached hydrogen (secondary N) is 1. The van der Waals surface area contributed by atoms with Crippen molar-refractivity contribution in [3.05, 3.63) is 29.8 Å². The highest BCUT2D eigenvalue weighted by Crippen LogP contribution is 2.31. The first-order valence-electron chi connectivity index (χ1n) is 4.94. The van der Waals surface area contributed by atoms with Crippen molar-refractivity contribution in [2.24, 2.45) is 0 Å². The first-order chi connectivity index (χ1) is 7.22. The first kappa shape index (κ1) is 9.98. The maximum absolute atomic E-state index is 11.3. The minimum atomic E-state index is -0.227. The molecule has 1 aromatic carbocycles. The molecule has 4 heteroatoms. The summed E-state index contributed by atoms with van der Waals surface area (Å²) in [5, 5.41) is 12.1. The van der Waals surface area contributed by atoms with Crippen LogP contribution in [0.3, 0.4) is 0 Å². The number of hydrogen-bond acceptors (Lipinski definition) is 4. The number of hydrogen-bond donors (Lipinski definition) is 2. The molecule has 0 unspecified atom stereocenters. The molecule has 1 heterocycles. The summed E-state index contributed by atoms with van der Waals surface area (Å²) in [5.41, 5.74) is 0.992. The Morgan fingerprint density at radius 3 is 2.73 bits per heavy atom. The number of esters is 1. The largest absolute Gasteiger partial charge is 0.508 e. The van der Waals surface area contributed by atoms with E-state index < -0.39 is 0 Å². The molecule has 1 aromatic rings. The molecule has 1 aliphatic heterocycles. The van der Waals surface area contributed by atoms with Crippen molar-refractivity contribution in [3.63, 3.8) is 0 Å². The second-order valence-electron chi connectivity index (χ2n) is 3.47. The number of aromatic hydroxyl groups is 1. The number of carbonyl (C=O) groups is 1. The average Bonchev–Trinajstić information content (AvgIpc) is 2.99. The summed E-state index contributed by atoms with van der Waals surface area (Å²) >= 11 is 0. The van der Waals surface area contributed by atoms with Crippen LogP contribution in [0, 0.1) is 0 Å². The van der Waals surface area contributed by atoms with Gasteiger partial charge in [0.25, 0.3) is 0 Å². The summed E-state index contributed by atoms with van der Waals surface area (Å²) in [6, 6.07) is 6.62. The van der Waals surface area contributed by atoms with Crippen LogP contribution in [-0.2, 0) is 9.53 Å². The lowest BCUT2D eigenvalue weighted by Gasteiger charge is -1.99. The lowest BCUT2D eigenvalue weighted by atomic mass is 10.1. The van der Waals surface area contributed by atoms with Gasteiger partial charge in [0, 0.05) is 0 Å². The van der Waals surface area contributed by atoms with Gasteiger partial charge in [-0.3, -0.25) is 10.1 Å². The lowest BCUT2D eigenvalue weighted by molar-refractivity contribution is -0.142. The maximum Gasteiger partial charge on any atom is 0.325 e. The molecule has 4 nitrogen and oxygen atoms in total. The molecule has 80 valence electrons. The van der Waals surface area contributed by atoms with Gasteiger partial charge in [0.1, 0.15) is 11.8 Å². The molecule has 1 aliphatic rings. The third-order valence-electron chi connectivity index (χ3n) is 2.38. The number of carbonyl (C=O) groups excluding carboxylic acids is 1. The molecule has 2 N–H and O–H groups in total. The average molecular weight is 207 g/mol. The zero-order valence-corrected chi connectivity index (χ0v) is 8.43. The molecule has 0 aromatic heterocycles. The fraction of sp³-hybridized carbons (Fsp3) is 0.364. The Labute approximate surface area is 87.9 Å². The zero-order valence-electron chi connectivity index (χ0n) is 8.43. The Bertz CT molecular complexity index is 361. The standard InChI is InChI=1S/C11H13NO3/c1-2-15-11(14)10-9(12-10)7-3-5-8(13)6-4-7/h3-6,9-10,12-13H,2H2,1H3/t9-,10+/m1/s1. The van der Waals surface area contributed by atoms with Crippen LogP contribution < -0.4 is 5.32 Å².